The van der Waals surface area contributed by atoms with Crippen molar-refractivity contribution < 1.29 is 18.7 Å². The molecule has 0 aliphatic carbocycles. The molecule has 0 fully saturated rings. The molecular weight excluding hydrogens is 396 g/mol. The summed E-state index contributed by atoms with van der Waals surface area (Å²) in [6.07, 6.45) is 2.74. The van der Waals surface area contributed by atoms with E-state index in [0.717, 1.165) is 24.8 Å². The first-order valence-corrected chi connectivity index (χ1v) is 10.2. The third-order valence-corrected chi connectivity index (χ3v) is 4.87. The van der Waals surface area contributed by atoms with Gasteiger partial charge in [0.1, 0.15) is 11.3 Å². The summed E-state index contributed by atoms with van der Waals surface area (Å²) in [6.45, 7) is 2.17. The maximum atomic E-state index is 12.6. The first-order valence-electron chi connectivity index (χ1n) is 10.2. The number of fused-ring (bicyclic) bond motifs is 1. The van der Waals surface area contributed by atoms with Crippen molar-refractivity contribution in [2.24, 2.45) is 0 Å². The quantitative estimate of drug-likeness (QED) is 0.407. The summed E-state index contributed by atoms with van der Waals surface area (Å²) in [6, 6.07) is 14.2. The van der Waals surface area contributed by atoms with E-state index in [9.17, 15) is 14.4 Å². The number of ether oxygens (including phenoxy) is 1. The fourth-order valence-electron chi connectivity index (χ4n) is 3.38. The molecule has 0 aliphatic heterocycles. The van der Waals surface area contributed by atoms with Crippen molar-refractivity contribution in [3.8, 4) is 5.75 Å². The largest absolute Gasteiger partial charge is 0.497 e. The Labute approximate surface area is 180 Å². The van der Waals surface area contributed by atoms with Crippen LogP contribution in [0.3, 0.4) is 0 Å². The third-order valence-electron chi connectivity index (χ3n) is 4.87. The highest BCUT2D eigenvalue weighted by Gasteiger charge is 2.11. The molecule has 0 radical (unpaired) electrons. The van der Waals surface area contributed by atoms with Crippen LogP contribution in [0.2, 0.25) is 0 Å². The number of carbonyl (C=O) groups excluding carboxylic acids is 2. The van der Waals surface area contributed by atoms with Crippen molar-refractivity contribution in [3.63, 3.8) is 0 Å². The van der Waals surface area contributed by atoms with E-state index in [2.05, 4.69) is 10.6 Å². The molecule has 0 unspecified atom stereocenters. The summed E-state index contributed by atoms with van der Waals surface area (Å²) in [5.41, 5.74) is 2.29. The highest BCUT2D eigenvalue weighted by atomic mass is 16.5. The second-order valence-electron chi connectivity index (χ2n) is 7.32. The summed E-state index contributed by atoms with van der Waals surface area (Å²) in [5.74, 6) is 0.337. The lowest BCUT2D eigenvalue weighted by Crippen LogP contribution is -2.20. The van der Waals surface area contributed by atoms with Crippen LogP contribution in [0, 0.1) is 0 Å². The van der Waals surface area contributed by atoms with Crippen LogP contribution in [0.5, 0.6) is 5.75 Å². The molecule has 2 N–H and O–H groups in total. The van der Waals surface area contributed by atoms with Gasteiger partial charge in [-0.3, -0.25) is 9.59 Å². The lowest BCUT2D eigenvalue weighted by Gasteiger charge is -2.09. The topological polar surface area (TPSA) is 97.6 Å². The summed E-state index contributed by atoms with van der Waals surface area (Å²) in [5, 5.41) is 6.38. The molecule has 162 valence electrons. The van der Waals surface area contributed by atoms with Gasteiger partial charge in [-0.1, -0.05) is 12.1 Å². The van der Waals surface area contributed by atoms with Crippen molar-refractivity contribution in [2.45, 2.75) is 32.6 Å². The van der Waals surface area contributed by atoms with Gasteiger partial charge in [-0.05, 0) is 54.7 Å². The van der Waals surface area contributed by atoms with Crippen LogP contribution in [-0.4, -0.2) is 25.5 Å². The van der Waals surface area contributed by atoms with Crippen LogP contribution >= 0.6 is 0 Å². The highest BCUT2D eigenvalue weighted by molar-refractivity contribution is 5.95. The summed E-state index contributed by atoms with van der Waals surface area (Å²) in [7, 11) is 1.54. The molecule has 0 bridgehead atoms. The van der Waals surface area contributed by atoms with Gasteiger partial charge in [-0.2, -0.15) is 0 Å². The molecular formula is C24H26N2O5. The van der Waals surface area contributed by atoms with Gasteiger partial charge in [-0.25, -0.2) is 4.79 Å². The van der Waals surface area contributed by atoms with Gasteiger partial charge < -0.3 is 19.8 Å². The van der Waals surface area contributed by atoms with E-state index in [1.54, 1.807) is 18.2 Å². The Bertz CT molecular complexity index is 1140. The molecule has 0 saturated heterocycles. The Morgan fingerprint density at radius 3 is 2.68 bits per heavy atom. The van der Waals surface area contributed by atoms with Crippen molar-refractivity contribution in [2.75, 3.05) is 19.0 Å². The number of hydrogen-bond acceptors (Lipinski definition) is 5. The normalized spacial score (nSPS) is 10.6. The van der Waals surface area contributed by atoms with Gasteiger partial charge in [0, 0.05) is 36.7 Å². The second kappa shape index (κ2) is 10.4. The van der Waals surface area contributed by atoms with E-state index < -0.39 is 5.63 Å². The third kappa shape index (κ3) is 6.44. The van der Waals surface area contributed by atoms with Crippen molar-refractivity contribution in [1.29, 1.82) is 0 Å². The molecule has 7 nitrogen and oxygen atoms in total. The molecule has 7 heteroatoms. The number of aryl methyl sites for hydroxylation is 1. The lowest BCUT2D eigenvalue weighted by atomic mass is 10.1. The predicted molar refractivity (Wildman–Crippen MR) is 119 cm³/mol. The Morgan fingerprint density at radius 2 is 1.90 bits per heavy atom. The molecule has 3 rings (SSSR count). The molecule has 2 aromatic carbocycles. The van der Waals surface area contributed by atoms with Gasteiger partial charge in [-0.15, -0.1) is 0 Å². The molecule has 0 saturated carbocycles. The van der Waals surface area contributed by atoms with Gasteiger partial charge in [0.15, 0.2) is 0 Å². The maximum absolute atomic E-state index is 12.6. The molecule has 1 aromatic heterocycles. The standard InChI is InChI=1S/C24H26N2O5/c1-16(27)25-11-4-3-6-17-7-5-8-19(12-17)26-23(28)13-18-14-24(29)31-22-15-20(30-2)9-10-21(18)22/h5,7-10,12,14-15H,3-4,6,11,13H2,1-2H3,(H,25,27)(H,26,28). The average molecular weight is 422 g/mol. The number of anilines is 1. The molecule has 0 spiro atoms. The Morgan fingerprint density at radius 1 is 1.06 bits per heavy atom. The molecule has 31 heavy (non-hydrogen) atoms. The molecule has 0 atom stereocenters. The highest BCUT2D eigenvalue weighted by Crippen LogP contribution is 2.23. The first kappa shape index (κ1) is 22.1. The number of hydrogen-bond donors (Lipinski definition) is 2. The van der Waals surface area contributed by atoms with Crippen LogP contribution in [0.1, 0.15) is 30.9 Å². The van der Waals surface area contributed by atoms with Gasteiger partial charge >= 0.3 is 5.63 Å². The number of rotatable bonds is 9. The molecule has 3 aromatic rings. The molecule has 0 aliphatic rings. The minimum absolute atomic E-state index is 0.0205. The van der Waals surface area contributed by atoms with Crippen LogP contribution in [0.15, 0.2) is 57.7 Å². The van der Waals surface area contributed by atoms with E-state index in [4.69, 9.17) is 9.15 Å². The fraction of sp³-hybridized carbons (Fsp3) is 0.292. The zero-order valence-electron chi connectivity index (χ0n) is 17.7. The van der Waals surface area contributed by atoms with Gasteiger partial charge in [0.05, 0.1) is 13.5 Å². The number of benzene rings is 2. The number of unbranched alkanes of at least 4 members (excludes halogenated alkanes) is 1. The van der Waals surface area contributed by atoms with Gasteiger partial charge in [0.2, 0.25) is 11.8 Å². The fourth-order valence-corrected chi connectivity index (χ4v) is 3.38. The van der Waals surface area contributed by atoms with E-state index in [1.807, 2.05) is 24.3 Å². The van der Waals surface area contributed by atoms with Crippen molar-refractivity contribution in [1.82, 2.24) is 5.32 Å². The SMILES string of the molecule is COc1ccc2c(CC(=O)Nc3cccc(CCCCNC(C)=O)c3)cc(=O)oc2c1. The second-order valence-corrected chi connectivity index (χ2v) is 7.32. The van der Waals surface area contributed by atoms with E-state index in [1.165, 1.54) is 20.1 Å². The van der Waals surface area contributed by atoms with Gasteiger partial charge in [0.25, 0.3) is 0 Å². The maximum Gasteiger partial charge on any atom is 0.336 e. The number of nitrogens with one attached hydrogen (secondary N) is 2. The predicted octanol–water partition coefficient (Wildman–Crippen LogP) is 3.44. The Balaban J connectivity index is 1.63. The van der Waals surface area contributed by atoms with Crippen molar-refractivity contribution in [3.05, 3.63) is 70.1 Å². The number of methoxy groups -OCH3 is 1. The smallest absolute Gasteiger partial charge is 0.336 e. The lowest BCUT2D eigenvalue weighted by molar-refractivity contribution is -0.119. The van der Waals surface area contributed by atoms with Crippen LogP contribution < -0.4 is 21.0 Å². The van der Waals surface area contributed by atoms with Crippen LogP contribution in [0.25, 0.3) is 11.0 Å². The summed E-state index contributed by atoms with van der Waals surface area (Å²) < 4.78 is 10.4. The van der Waals surface area contributed by atoms with Crippen LogP contribution in [0.4, 0.5) is 5.69 Å². The minimum Gasteiger partial charge on any atom is -0.497 e. The van der Waals surface area contributed by atoms with Crippen molar-refractivity contribution >= 4 is 28.5 Å². The molecule has 1 heterocycles. The Kier molecular flexibility index (Phi) is 7.43. The number of amides is 2. The summed E-state index contributed by atoms with van der Waals surface area (Å²) in [4.78, 5) is 35.4. The van der Waals surface area contributed by atoms with E-state index in [-0.39, 0.29) is 18.2 Å². The zero-order valence-corrected chi connectivity index (χ0v) is 17.7. The van der Waals surface area contributed by atoms with E-state index in [0.29, 0.717) is 34.5 Å². The van der Waals surface area contributed by atoms with E-state index >= 15 is 0 Å². The zero-order chi connectivity index (χ0) is 22.2. The minimum atomic E-state index is -0.509. The Hall–Kier alpha value is -3.61. The number of carbonyl (C=O) groups is 2. The first-order chi connectivity index (χ1) is 14.9. The van der Waals surface area contributed by atoms with Crippen LogP contribution in [-0.2, 0) is 22.4 Å². The monoisotopic (exact) mass is 422 g/mol. The molecule has 2 amide bonds. The average Bonchev–Trinajstić information content (AvgIpc) is 2.72. The summed E-state index contributed by atoms with van der Waals surface area (Å²) >= 11 is 0.